The van der Waals surface area contributed by atoms with Crippen molar-refractivity contribution in [3.63, 3.8) is 0 Å². The molecule has 0 saturated heterocycles. The van der Waals surface area contributed by atoms with Crippen LogP contribution in [-0.4, -0.2) is 19.7 Å². The minimum absolute atomic E-state index is 0.829. The summed E-state index contributed by atoms with van der Waals surface area (Å²) in [6.45, 7) is 1.99. The largest absolute Gasteiger partial charge is 0.237 e. The summed E-state index contributed by atoms with van der Waals surface area (Å²) in [7, 11) is 0. The molecule has 0 aliphatic rings. The number of pyridine rings is 1. The van der Waals surface area contributed by atoms with Gasteiger partial charge in [-0.1, -0.05) is 6.07 Å². The van der Waals surface area contributed by atoms with Gasteiger partial charge in [-0.2, -0.15) is 5.10 Å². The smallest absolute Gasteiger partial charge is 0.158 e. The van der Waals surface area contributed by atoms with E-state index in [1.165, 1.54) is 6.33 Å². The lowest BCUT2D eigenvalue weighted by atomic mass is 10.3. The van der Waals surface area contributed by atoms with Crippen LogP contribution >= 0.6 is 0 Å². The van der Waals surface area contributed by atoms with Crippen molar-refractivity contribution in [3.8, 4) is 5.82 Å². The fraction of sp³-hybridized carbons (Fsp3) is 0.125. The Bertz CT molecular complexity index is 366. The van der Waals surface area contributed by atoms with Crippen molar-refractivity contribution < 1.29 is 0 Å². The van der Waals surface area contributed by atoms with Gasteiger partial charge < -0.3 is 0 Å². The van der Waals surface area contributed by atoms with Gasteiger partial charge in [0.2, 0.25) is 0 Å². The zero-order chi connectivity index (χ0) is 8.39. The van der Waals surface area contributed by atoms with Crippen molar-refractivity contribution in [3.05, 3.63) is 36.5 Å². The maximum absolute atomic E-state index is 4.18. The zero-order valence-electron chi connectivity index (χ0n) is 6.68. The standard InChI is InChI=1S/C8H8N4/c1-7-3-2-4-10-8(7)12-6-9-5-11-12/h2-6H,1H3. The summed E-state index contributed by atoms with van der Waals surface area (Å²) < 4.78 is 1.65. The van der Waals surface area contributed by atoms with Gasteiger partial charge in [-0.15, -0.1) is 0 Å². The minimum atomic E-state index is 0.829. The number of aromatic nitrogens is 4. The first-order valence-electron chi connectivity index (χ1n) is 3.64. The summed E-state index contributed by atoms with van der Waals surface area (Å²) in [5, 5.41) is 3.99. The summed E-state index contributed by atoms with van der Waals surface area (Å²) >= 11 is 0. The van der Waals surface area contributed by atoms with Gasteiger partial charge in [-0.05, 0) is 18.6 Å². The Hall–Kier alpha value is -1.71. The average Bonchev–Trinajstić information content (AvgIpc) is 2.57. The van der Waals surface area contributed by atoms with Crippen molar-refractivity contribution in [2.75, 3.05) is 0 Å². The van der Waals surface area contributed by atoms with E-state index in [4.69, 9.17) is 0 Å². The monoisotopic (exact) mass is 160 g/mol. The van der Waals surface area contributed by atoms with E-state index in [1.54, 1.807) is 17.2 Å². The molecule has 0 fully saturated rings. The number of hydrogen-bond acceptors (Lipinski definition) is 3. The van der Waals surface area contributed by atoms with Crippen molar-refractivity contribution in [1.82, 2.24) is 19.7 Å². The summed E-state index contributed by atoms with van der Waals surface area (Å²) in [6, 6.07) is 3.89. The van der Waals surface area contributed by atoms with Crippen LogP contribution in [0.2, 0.25) is 0 Å². The van der Waals surface area contributed by atoms with Gasteiger partial charge in [-0.3, -0.25) is 0 Å². The number of aryl methyl sites for hydroxylation is 1. The first kappa shape index (κ1) is 6.97. The lowest BCUT2D eigenvalue weighted by molar-refractivity contribution is 0.836. The Kier molecular flexibility index (Phi) is 1.59. The summed E-state index contributed by atoms with van der Waals surface area (Å²) in [6.07, 6.45) is 4.87. The molecule has 2 heterocycles. The molecule has 2 rings (SSSR count). The maximum Gasteiger partial charge on any atom is 0.158 e. The summed E-state index contributed by atoms with van der Waals surface area (Å²) in [4.78, 5) is 8.03. The molecule has 0 aliphatic carbocycles. The van der Waals surface area contributed by atoms with Crippen LogP contribution in [-0.2, 0) is 0 Å². The fourth-order valence-electron chi connectivity index (χ4n) is 1.03. The molecular formula is C8H8N4. The predicted molar refractivity (Wildman–Crippen MR) is 43.9 cm³/mol. The molecule has 60 valence electrons. The van der Waals surface area contributed by atoms with Crippen molar-refractivity contribution in [2.24, 2.45) is 0 Å². The molecule has 0 saturated carbocycles. The third-order valence-electron chi connectivity index (χ3n) is 1.62. The van der Waals surface area contributed by atoms with Crippen molar-refractivity contribution >= 4 is 0 Å². The van der Waals surface area contributed by atoms with Crippen molar-refractivity contribution in [1.29, 1.82) is 0 Å². The molecule has 0 aliphatic heterocycles. The minimum Gasteiger partial charge on any atom is -0.237 e. The Balaban J connectivity index is 2.55. The molecule has 4 heteroatoms. The molecule has 2 aromatic heterocycles. The normalized spacial score (nSPS) is 10.1. The highest BCUT2D eigenvalue weighted by Gasteiger charge is 1.99. The third-order valence-corrected chi connectivity index (χ3v) is 1.62. The molecule has 0 amide bonds. The molecule has 0 unspecified atom stereocenters. The van der Waals surface area contributed by atoms with Crippen LogP contribution in [0.3, 0.4) is 0 Å². The van der Waals surface area contributed by atoms with Gasteiger partial charge in [0.05, 0.1) is 0 Å². The second-order valence-electron chi connectivity index (χ2n) is 2.48. The van der Waals surface area contributed by atoms with Crippen LogP contribution in [0.5, 0.6) is 0 Å². The quantitative estimate of drug-likeness (QED) is 0.624. The lowest BCUT2D eigenvalue weighted by Gasteiger charge is -2.01. The Morgan fingerprint density at radius 3 is 3.00 bits per heavy atom. The summed E-state index contributed by atoms with van der Waals surface area (Å²) in [5.41, 5.74) is 1.09. The first-order valence-corrected chi connectivity index (χ1v) is 3.64. The Labute approximate surface area is 69.9 Å². The number of rotatable bonds is 1. The van der Waals surface area contributed by atoms with E-state index in [1.807, 2.05) is 19.1 Å². The first-order chi connectivity index (χ1) is 5.88. The van der Waals surface area contributed by atoms with Gasteiger partial charge in [0.25, 0.3) is 0 Å². The van der Waals surface area contributed by atoms with E-state index in [0.29, 0.717) is 0 Å². The van der Waals surface area contributed by atoms with E-state index < -0.39 is 0 Å². The van der Waals surface area contributed by atoms with E-state index in [0.717, 1.165) is 11.4 Å². The second kappa shape index (κ2) is 2.73. The SMILES string of the molecule is Cc1cccnc1-n1cncn1. The lowest BCUT2D eigenvalue weighted by Crippen LogP contribution is -1.99. The number of hydrogen-bond donors (Lipinski definition) is 0. The van der Waals surface area contributed by atoms with Crippen LogP contribution in [0.1, 0.15) is 5.56 Å². The molecule has 12 heavy (non-hydrogen) atoms. The summed E-state index contributed by atoms with van der Waals surface area (Å²) in [5.74, 6) is 0.829. The number of nitrogens with zero attached hydrogens (tertiary/aromatic N) is 4. The molecule has 0 atom stereocenters. The maximum atomic E-state index is 4.18. The molecule has 0 aromatic carbocycles. The highest BCUT2D eigenvalue weighted by Crippen LogP contribution is 2.06. The molecular weight excluding hydrogens is 152 g/mol. The van der Waals surface area contributed by atoms with Gasteiger partial charge in [0.15, 0.2) is 5.82 Å². The topological polar surface area (TPSA) is 43.6 Å². The van der Waals surface area contributed by atoms with E-state index in [-0.39, 0.29) is 0 Å². The van der Waals surface area contributed by atoms with Crippen LogP contribution in [0, 0.1) is 6.92 Å². The molecule has 2 aromatic rings. The highest BCUT2D eigenvalue weighted by molar-refractivity contribution is 5.30. The molecule has 0 bridgehead atoms. The van der Waals surface area contributed by atoms with Gasteiger partial charge in [-0.25, -0.2) is 14.6 Å². The predicted octanol–water partition coefficient (Wildman–Crippen LogP) is 0.971. The van der Waals surface area contributed by atoms with Crippen LogP contribution < -0.4 is 0 Å². The highest BCUT2D eigenvalue weighted by atomic mass is 15.3. The van der Waals surface area contributed by atoms with E-state index in [9.17, 15) is 0 Å². The average molecular weight is 160 g/mol. The fourth-order valence-corrected chi connectivity index (χ4v) is 1.03. The molecule has 0 radical (unpaired) electrons. The van der Waals surface area contributed by atoms with Gasteiger partial charge >= 0.3 is 0 Å². The van der Waals surface area contributed by atoms with Gasteiger partial charge in [0.1, 0.15) is 12.7 Å². The second-order valence-corrected chi connectivity index (χ2v) is 2.48. The Morgan fingerprint density at radius 2 is 2.33 bits per heavy atom. The molecule has 0 N–H and O–H groups in total. The van der Waals surface area contributed by atoms with E-state index in [2.05, 4.69) is 15.1 Å². The molecule has 4 nitrogen and oxygen atoms in total. The van der Waals surface area contributed by atoms with Crippen LogP contribution in [0.4, 0.5) is 0 Å². The van der Waals surface area contributed by atoms with E-state index >= 15 is 0 Å². The van der Waals surface area contributed by atoms with Crippen LogP contribution in [0.15, 0.2) is 31.0 Å². The van der Waals surface area contributed by atoms with Gasteiger partial charge in [0, 0.05) is 6.20 Å². The molecule has 0 spiro atoms. The van der Waals surface area contributed by atoms with Crippen LogP contribution in [0.25, 0.3) is 5.82 Å². The van der Waals surface area contributed by atoms with Crippen molar-refractivity contribution in [2.45, 2.75) is 6.92 Å². The Morgan fingerprint density at radius 1 is 1.42 bits per heavy atom. The third kappa shape index (κ3) is 1.07. The zero-order valence-corrected chi connectivity index (χ0v) is 6.68.